The predicted molar refractivity (Wildman–Crippen MR) is 65.9 cm³/mol. The van der Waals surface area contributed by atoms with E-state index in [9.17, 15) is 13.2 Å². The minimum Gasteiger partial charge on any atom is -0.323 e. The molecular formula is C13H14F3N3. The highest BCUT2D eigenvalue weighted by Crippen LogP contribution is 2.32. The van der Waals surface area contributed by atoms with Crippen LogP contribution in [0, 0.1) is 6.92 Å². The fourth-order valence-electron chi connectivity index (χ4n) is 1.89. The largest absolute Gasteiger partial charge is 0.416 e. The van der Waals surface area contributed by atoms with Gasteiger partial charge in [0.2, 0.25) is 0 Å². The summed E-state index contributed by atoms with van der Waals surface area (Å²) in [6.07, 6.45) is -1.33. The van der Waals surface area contributed by atoms with E-state index in [1.54, 1.807) is 24.6 Å². The van der Waals surface area contributed by atoms with Gasteiger partial charge in [-0.15, -0.1) is 0 Å². The Labute approximate surface area is 108 Å². The van der Waals surface area contributed by atoms with Gasteiger partial charge in [-0.25, -0.2) is 4.98 Å². The first-order valence-electron chi connectivity index (χ1n) is 5.76. The Kier molecular flexibility index (Phi) is 3.36. The lowest BCUT2D eigenvalue weighted by atomic mass is 10.1. The third kappa shape index (κ3) is 2.63. The molecule has 0 saturated carbocycles. The molecule has 1 heterocycles. The summed E-state index contributed by atoms with van der Waals surface area (Å²) in [5.41, 5.74) is 6.95. The van der Waals surface area contributed by atoms with Gasteiger partial charge < -0.3 is 10.3 Å². The molecule has 102 valence electrons. The van der Waals surface area contributed by atoms with E-state index in [2.05, 4.69) is 4.98 Å². The molecule has 1 aromatic heterocycles. The molecule has 2 rings (SSSR count). The number of imidazole rings is 1. The molecule has 0 radical (unpaired) electrons. The van der Waals surface area contributed by atoms with Gasteiger partial charge in [-0.1, -0.05) is 6.07 Å². The summed E-state index contributed by atoms with van der Waals surface area (Å²) in [6, 6.07) is 3.32. The van der Waals surface area contributed by atoms with E-state index in [1.165, 1.54) is 12.4 Å². The van der Waals surface area contributed by atoms with Crippen molar-refractivity contribution < 1.29 is 13.2 Å². The van der Waals surface area contributed by atoms with Gasteiger partial charge in [-0.05, 0) is 31.5 Å². The lowest BCUT2D eigenvalue weighted by Crippen LogP contribution is -2.12. The first-order chi connectivity index (χ1) is 8.80. The number of nitrogens with two attached hydrogens (primary N) is 1. The number of benzene rings is 1. The second-order valence-corrected chi connectivity index (χ2v) is 4.48. The van der Waals surface area contributed by atoms with Gasteiger partial charge in [0.05, 0.1) is 29.5 Å². The standard InChI is InChI=1S/C13H14F3N3/c1-8-3-4-10(13(14,15)16)5-11(8)19-7-18-6-12(19)9(2)17/h3-7,9H,17H2,1-2H3/t9-/m0/s1. The SMILES string of the molecule is Cc1ccc(C(F)(F)F)cc1-n1cncc1[C@H](C)N. The number of aromatic nitrogens is 2. The first kappa shape index (κ1) is 13.6. The Morgan fingerprint density at radius 2 is 2.00 bits per heavy atom. The molecule has 0 bridgehead atoms. The van der Waals surface area contributed by atoms with Crippen molar-refractivity contribution in [3.63, 3.8) is 0 Å². The van der Waals surface area contributed by atoms with Crippen LogP contribution in [0.3, 0.4) is 0 Å². The minimum absolute atomic E-state index is 0.309. The van der Waals surface area contributed by atoms with Crippen molar-refractivity contribution in [2.45, 2.75) is 26.1 Å². The maximum atomic E-state index is 12.8. The van der Waals surface area contributed by atoms with Crippen LogP contribution in [-0.2, 0) is 6.18 Å². The number of alkyl halides is 3. The van der Waals surface area contributed by atoms with Crippen molar-refractivity contribution in [3.8, 4) is 5.69 Å². The summed E-state index contributed by atoms with van der Waals surface area (Å²) >= 11 is 0. The Morgan fingerprint density at radius 1 is 1.32 bits per heavy atom. The molecule has 0 aliphatic rings. The molecule has 6 heteroatoms. The van der Waals surface area contributed by atoms with Gasteiger partial charge in [-0.3, -0.25) is 0 Å². The van der Waals surface area contributed by atoms with Gasteiger partial charge >= 0.3 is 6.18 Å². The van der Waals surface area contributed by atoms with Gasteiger partial charge in [0.15, 0.2) is 0 Å². The molecule has 0 fully saturated rings. The lowest BCUT2D eigenvalue weighted by molar-refractivity contribution is -0.137. The molecule has 0 spiro atoms. The number of hydrogen-bond acceptors (Lipinski definition) is 2. The highest BCUT2D eigenvalue weighted by molar-refractivity contribution is 5.45. The topological polar surface area (TPSA) is 43.8 Å². The fraction of sp³-hybridized carbons (Fsp3) is 0.308. The van der Waals surface area contributed by atoms with Crippen molar-refractivity contribution in [3.05, 3.63) is 47.5 Å². The minimum atomic E-state index is -4.36. The van der Waals surface area contributed by atoms with Crippen LogP contribution in [0.4, 0.5) is 13.2 Å². The van der Waals surface area contributed by atoms with E-state index >= 15 is 0 Å². The average Bonchev–Trinajstić information content (AvgIpc) is 2.76. The van der Waals surface area contributed by atoms with Crippen molar-refractivity contribution in [2.75, 3.05) is 0 Å². The van der Waals surface area contributed by atoms with Crippen LogP contribution in [-0.4, -0.2) is 9.55 Å². The van der Waals surface area contributed by atoms with E-state index < -0.39 is 11.7 Å². The Bertz CT molecular complexity index is 585. The maximum Gasteiger partial charge on any atom is 0.416 e. The summed E-state index contributed by atoms with van der Waals surface area (Å²) in [6.45, 7) is 3.51. The summed E-state index contributed by atoms with van der Waals surface area (Å²) in [5.74, 6) is 0. The zero-order chi connectivity index (χ0) is 14.2. The smallest absolute Gasteiger partial charge is 0.323 e. The molecule has 1 aromatic carbocycles. The fourth-order valence-corrected chi connectivity index (χ4v) is 1.89. The van der Waals surface area contributed by atoms with Crippen LogP contribution < -0.4 is 5.73 Å². The molecule has 0 aliphatic carbocycles. The van der Waals surface area contributed by atoms with Crippen LogP contribution in [0.15, 0.2) is 30.7 Å². The van der Waals surface area contributed by atoms with Crippen molar-refractivity contribution in [2.24, 2.45) is 5.73 Å². The molecule has 0 unspecified atom stereocenters. The molecule has 2 aromatic rings. The van der Waals surface area contributed by atoms with E-state index in [4.69, 9.17) is 5.73 Å². The average molecular weight is 269 g/mol. The van der Waals surface area contributed by atoms with Crippen molar-refractivity contribution >= 4 is 0 Å². The molecule has 0 saturated heterocycles. The quantitative estimate of drug-likeness (QED) is 0.909. The number of aryl methyl sites for hydroxylation is 1. The first-order valence-corrected chi connectivity index (χ1v) is 5.76. The van der Waals surface area contributed by atoms with E-state index in [0.717, 1.165) is 17.7 Å². The Morgan fingerprint density at radius 3 is 2.58 bits per heavy atom. The van der Waals surface area contributed by atoms with E-state index in [-0.39, 0.29) is 6.04 Å². The van der Waals surface area contributed by atoms with E-state index in [0.29, 0.717) is 11.4 Å². The molecule has 19 heavy (non-hydrogen) atoms. The maximum absolute atomic E-state index is 12.8. The zero-order valence-electron chi connectivity index (χ0n) is 10.6. The van der Waals surface area contributed by atoms with Crippen LogP contribution in [0.1, 0.15) is 29.8 Å². The number of halogens is 3. The van der Waals surface area contributed by atoms with Crippen molar-refractivity contribution in [1.29, 1.82) is 0 Å². The molecule has 2 N–H and O–H groups in total. The molecule has 0 amide bonds. The van der Waals surface area contributed by atoms with Gasteiger partial charge in [-0.2, -0.15) is 13.2 Å². The summed E-state index contributed by atoms with van der Waals surface area (Å²) < 4.78 is 39.8. The highest BCUT2D eigenvalue weighted by Gasteiger charge is 2.31. The summed E-state index contributed by atoms with van der Waals surface area (Å²) in [5, 5.41) is 0. The lowest BCUT2D eigenvalue weighted by Gasteiger charge is -2.15. The molecular weight excluding hydrogens is 255 g/mol. The molecule has 1 atom stereocenters. The highest BCUT2D eigenvalue weighted by atomic mass is 19.4. The van der Waals surface area contributed by atoms with Crippen molar-refractivity contribution in [1.82, 2.24) is 9.55 Å². The van der Waals surface area contributed by atoms with Gasteiger partial charge in [0, 0.05) is 6.04 Å². The van der Waals surface area contributed by atoms with Crippen LogP contribution in [0.5, 0.6) is 0 Å². The van der Waals surface area contributed by atoms with Crippen LogP contribution in [0.2, 0.25) is 0 Å². The number of hydrogen-bond donors (Lipinski definition) is 1. The Hall–Kier alpha value is -1.82. The summed E-state index contributed by atoms with van der Waals surface area (Å²) in [7, 11) is 0. The zero-order valence-corrected chi connectivity index (χ0v) is 10.6. The Balaban J connectivity index is 2.58. The van der Waals surface area contributed by atoms with Gasteiger partial charge in [0.1, 0.15) is 0 Å². The van der Waals surface area contributed by atoms with Gasteiger partial charge in [0.25, 0.3) is 0 Å². The monoisotopic (exact) mass is 269 g/mol. The molecule has 0 aliphatic heterocycles. The van der Waals surface area contributed by atoms with Crippen LogP contribution in [0.25, 0.3) is 5.69 Å². The summed E-state index contributed by atoms with van der Waals surface area (Å²) in [4.78, 5) is 3.95. The second kappa shape index (κ2) is 4.70. The number of rotatable bonds is 2. The van der Waals surface area contributed by atoms with E-state index in [1.807, 2.05) is 0 Å². The van der Waals surface area contributed by atoms with Crippen LogP contribution >= 0.6 is 0 Å². The predicted octanol–water partition coefficient (Wildman–Crippen LogP) is 3.22. The third-order valence-corrected chi connectivity index (χ3v) is 2.93. The third-order valence-electron chi connectivity index (χ3n) is 2.93. The number of nitrogens with zero attached hydrogens (tertiary/aromatic N) is 2. The molecule has 3 nitrogen and oxygen atoms in total. The second-order valence-electron chi connectivity index (χ2n) is 4.48. The normalized spacial score (nSPS) is 13.6.